The largest absolute Gasteiger partial charge is 0.479 e. The Kier molecular flexibility index (Phi) is 6.39. The van der Waals surface area contributed by atoms with E-state index in [1.165, 1.54) is 11.8 Å². The predicted molar refractivity (Wildman–Crippen MR) is 109 cm³/mol. The molecule has 1 heterocycles. The van der Waals surface area contributed by atoms with Crippen LogP contribution in [0.3, 0.4) is 0 Å². The highest BCUT2D eigenvalue weighted by atomic mass is 35.5. The van der Waals surface area contributed by atoms with Gasteiger partial charge in [-0.25, -0.2) is 4.79 Å². The van der Waals surface area contributed by atoms with Crippen molar-refractivity contribution in [2.24, 2.45) is 0 Å². The SMILES string of the molecule is C[C@@H]1CC(=O)Nc2ccccc2N1C(=O)COC(=O)[C@@H](C)Oc1ccc(Cl)cc1. The number of ether oxygens (including phenoxy) is 2. The maximum atomic E-state index is 12.8. The number of rotatable bonds is 5. The minimum absolute atomic E-state index is 0.143. The first-order valence-electron chi connectivity index (χ1n) is 9.15. The molecule has 7 nitrogen and oxygen atoms in total. The van der Waals surface area contributed by atoms with Gasteiger partial charge in [-0.3, -0.25) is 9.59 Å². The van der Waals surface area contributed by atoms with Gasteiger partial charge >= 0.3 is 5.97 Å². The van der Waals surface area contributed by atoms with Crippen molar-refractivity contribution in [2.75, 3.05) is 16.8 Å². The summed E-state index contributed by atoms with van der Waals surface area (Å²) in [6.07, 6.45) is -0.758. The van der Waals surface area contributed by atoms with Crippen LogP contribution in [0.1, 0.15) is 20.3 Å². The van der Waals surface area contributed by atoms with Gasteiger partial charge in [-0.2, -0.15) is 0 Å². The van der Waals surface area contributed by atoms with Crippen LogP contribution in [-0.2, 0) is 19.1 Å². The third kappa shape index (κ3) is 5.06. The highest BCUT2D eigenvalue weighted by molar-refractivity contribution is 6.30. The Balaban J connectivity index is 1.64. The fourth-order valence-corrected chi connectivity index (χ4v) is 3.18. The lowest BCUT2D eigenvalue weighted by Gasteiger charge is -2.27. The van der Waals surface area contributed by atoms with Gasteiger partial charge in [0, 0.05) is 17.5 Å². The van der Waals surface area contributed by atoms with Crippen molar-refractivity contribution in [3.8, 4) is 5.75 Å². The van der Waals surface area contributed by atoms with Crippen LogP contribution in [0.25, 0.3) is 0 Å². The van der Waals surface area contributed by atoms with E-state index in [0.29, 0.717) is 22.1 Å². The van der Waals surface area contributed by atoms with E-state index in [4.69, 9.17) is 21.1 Å². The number of nitrogens with zero attached hydrogens (tertiary/aromatic N) is 1. The van der Waals surface area contributed by atoms with Crippen molar-refractivity contribution < 1.29 is 23.9 Å². The van der Waals surface area contributed by atoms with Gasteiger partial charge in [0.1, 0.15) is 5.75 Å². The van der Waals surface area contributed by atoms with E-state index in [2.05, 4.69) is 5.32 Å². The molecule has 2 aromatic rings. The van der Waals surface area contributed by atoms with Gasteiger partial charge in [-0.15, -0.1) is 0 Å². The second-order valence-corrected chi connectivity index (χ2v) is 7.14. The van der Waals surface area contributed by atoms with Crippen LogP contribution < -0.4 is 15.0 Å². The third-order valence-corrected chi connectivity index (χ3v) is 4.68. The van der Waals surface area contributed by atoms with Gasteiger partial charge in [0.15, 0.2) is 12.7 Å². The van der Waals surface area contributed by atoms with E-state index in [1.807, 2.05) is 0 Å². The zero-order chi connectivity index (χ0) is 21.0. The summed E-state index contributed by atoms with van der Waals surface area (Å²) in [5.41, 5.74) is 1.11. The van der Waals surface area contributed by atoms with Crippen molar-refractivity contribution in [2.45, 2.75) is 32.4 Å². The smallest absolute Gasteiger partial charge is 0.347 e. The Bertz CT molecular complexity index is 916. The Labute approximate surface area is 173 Å². The molecule has 0 aromatic heterocycles. The lowest BCUT2D eigenvalue weighted by Crippen LogP contribution is -2.42. The van der Waals surface area contributed by atoms with E-state index in [1.54, 1.807) is 55.5 Å². The highest BCUT2D eigenvalue weighted by Gasteiger charge is 2.30. The van der Waals surface area contributed by atoms with Gasteiger partial charge in [0.05, 0.1) is 11.4 Å². The minimum Gasteiger partial charge on any atom is -0.479 e. The lowest BCUT2D eigenvalue weighted by atomic mass is 10.1. The highest BCUT2D eigenvalue weighted by Crippen LogP contribution is 2.31. The average Bonchev–Trinajstić information content (AvgIpc) is 2.81. The van der Waals surface area contributed by atoms with Crippen LogP contribution in [0.5, 0.6) is 5.75 Å². The fraction of sp³-hybridized carbons (Fsp3) is 0.286. The summed E-state index contributed by atoms with van der Waals surface area (Å²) in [5.74, 6) is -0.807. The van der Waals surface area contributed by atoms with E-state index >= 15 is 0 Å². The van der Waals surface area contributed by atoms with Gasteiger partial charge in [-0.1, -0.05) is 23.7 Å². The summed E-state index contributed by atoms with van der Waals surface area (Å²) in [6, 6.07) is 13.2. The number of para-hydroxylation sites is 2. The molecule has 0 aliphatic carbocycles. The maximum absolute atomic E-state index is 12.8. The van der Waals surface area contributed by atoms with Crippen LogP contribution in [0, 0.1) is 0 Å². The van der Waals surface area contributed by atoms with E-state index in [0.717, 1.165) is 0 Å². The summed E-state index contributed by atoms with van der Waals surface area (Å²) in [7, 11) is 0. The van der Waals surface area contributed by atoms with Crippen LogP contribution in [-0.4, -0.2) is 36.5 Å². The van der Waals surface area contributed by atoms with Gasteiger partial charge in [0.25, 0.3) is 5.91 Å². The maximum Gasteiger partial charge on any atom is 0.347 e. The number of esters is 1. The van der Waals surface area contributed by atoms with Crippen molar-refractivity contribution in [1.82, 2.24) is 0 Å². The Morgan fingerprint density at radius 3 is 2.62 bits per heavy atom. The lowest BCUT2D eigenvalue weighted by molar-refractivity contribution is -0.154. The zero-order valence-corrected chi connectivity index (χ0v) is 16.8. The second-order valence-electron chi connectivity index (χ2n) is 6.70. The van der Waals surface area contributed by atoms with Crippen LogP contribution >= 0.6 is 11.6 Å². The number of hydrogen-bond donors (Lipinski definition) is 1. The monoisotopic (exact) mass is 416 g/mol. The molecular weight excluding hydrogens is 396 g/mol. The summed E-state index contributed by atoms with van der Waals surface area (Å²) in [4.78, 5) is 38.5. The number of carbonyl (C=O) groups excluding carboxylic acids is 3. The molecule has 3 rings (SSSR count). The van der Waals surface area contributed by atoms with Gasteiger partial charge in [-0.05, 0) is 50.2 Å². The Morgan fingerprint density at radius 1 is 1.21 bits per heavy atom. The zero-order valence-electron chi connectivity index (χ0n) is 16.1. The van der Waals surface area contributed by atoms with E-state index < -0.39 is 24.6 Å². The Morgan fingerprint density at radius 2 is 1.90 bits per heavy atom. The topological polar surface area (TPSA) is 84.9 Å². The van der Waals surface area contributed by atoms with Gasteiger partial charge < -0.3 is 19.7 Å². The average molecular weight is 417 g/mol. The van der Waals surface area contributed by atoms with Crippen molar-refractivity contribution >= 4 is 40.8 Å². The normalized spacial score (nSPS) is 16.9. The van der Waals surface area contributed by atoms with E-state index in [9.17, 15) is 14.4 Å². The van der Waals surface area contributed by atoms with Crippen molar-refractivity contribution in [3.05, 3.63) is 53.6 Å². The van der Waals surface area contributed by atoms with E-state index in [-0.39, 0.29) is 18.4 Å². The number of anilines is 2. The summed E-state index contributed by atoms with van der Waals surface area (Å²) < 4.78 is 10.7. The Hall–Kier alpha value is -3.06. The number of fused-ring (bicyclic) bond motifs is 1. The first-order chi connectivity index (χ1) is 13.8. The van der Waals surface area contributed by atoms with Crippen LogP contribution in [0.15, 0.2) is 48.5 Å². The molecule has 0 unspecified atom stereocenters. The molecule has 1 aliphatic heterocycles. The molecule has 0 fully saturated rings. The summed E-state index contributed by atoms with van der Waals surface area (Å²) >= 11 is 5.82. The number of benzene rings is 2. The molecule has 152 valence electrons. The number of carbonyl (C=O) groups is 3. The van der Waals surface area contributed by atoms with Crippen molar-refractivity contribution in [3.63, 3.8) is 0 Å². The quantitative estimate of drug-likeness (QED) is 0.755. The standard InChI is InChI=1S/C21H21ClN2O5/c1-13-11-19(25)23-17-5-3-4-6-18(17)24(13)20(26)12-28-21(27)14(2)29-16-9-7-15(22)8-10-16/h3-10,13-14H,11-12H2,1-2H3,(H,23,25)/t13-,14-/m1/s1. The molecule has 0 spiro atoms. The molecule has 1 N–H and O–H groups in total. The second kappa shape index (κ2) is 8.96. The molecule has 2 amide bonds. The third-order valence-electron chi connectivity index (χ3n) is 4.42. The molecule has 0 saturated heterocycles. The molecule has 29 heavy (non-hydrogen) atoms. The minimum atomic E-state index is -0.902. The first-order valence-corrected chi connectivity index (χ1v) is 9.52. The molecule has 0 saturated carbocycles. The molecule has 2 aromatic carbocycles. The number of halogens is 1. The molecule has 2 atom stereocenters. The molecule has 1 aliphatic rings. The molecule has 0 radical (unpaired) electrons. The molecule has 8 heteroatoms. The van der Waals surface area contributed by atoms with Crippen LogP contribution in [0.4, 0.5) is 11.4 Å². The predicted octanol–water partition coefficient (Wildman–Crippen LogP) is 3.41. The summed E-state index contributed by atoms with van der Waals surface area (Å²) in [5, 5.41) is 3.34. The number of amides is 2. The fourth-order valence-electron chi connectivity index (χ4n) is 3.05. The summed E-state index contributed by atoms with van der Waals surface area (Å²) in [6.45, 7) is 2.85. The van der Waals surface area contributed by atoms with Crippen LogP contribution in [0.2, 0.25) is 5.02 Å². The van der Waals surface area contributed by atoms with Gasteiger partial charge in [0.2, 0.25) is 5.91 Å². The molecular formula is C21H21ClN2O5. The molecule has 0 bridgehead atoms. The number of nitrogens with one attached hydrogen (secondary N) is 1. The first kappa shape index (κ1) is 20.7. The number of hydrogen-bond acceptors (Lipinski definition) is 5. The van der Waals surface area contributed by atoms with Crippen molar-refractivity contribution in [1.29, 1.82) is 0 Å².